The number of carbonyl (C=O) groups excluding carboxylic acids is 1. The van der Waals surface area contributed by atoms with Gasteiger partial charge in [0.05, 0.1) is 12.3 Å². The summed E-state index contributed by atoms with van der Waals surface area (Å²) in [5, 5.41) is 5.94. The molecular formula is C25H26N2O3S. The molecule has 0 saturated heterocycles. The van der Waals surface area contributed by atoms with Crippen molar-refractivity contribution in [2.75, 3.05) is 11.9 Å². The number of benzene rings is 3. The molecule has 0 spiro atoms. The molecule has 160 valence electrons. The molecule has 3 aromatic rings. The topological polar surface area (TPSA) is 59.6 Å². The van der Waals surface area contributed by atoms with Gasteiger partial charge in [0.25, 0.3) is 5.91 Å². The average molecular weight is 435 g/mol. The maximum Gasteiger partial charge on any atom is 0.257 e. The molecule has 31 heavy (non-hydrogen) atoms. The van der Waals surface area contributed by atoms with Gasteiger partial charge in [-0.2, -0.15) is 0 Å². The summed E-state index contributed by atoms with van der Waals surface area (Å²) in [7, 11) is 0. The fraction of sp³-hybridized carbons (Fsp3) is 0.200. The highest BCUT2D eigenvalue weighted by Crippen LogP contribution is 2.24. The van der Waals surface area contributed by atoms with Gasteiger partial charge in [0.1, 0.15) is 18.1 Å². The van der Waals surface area contributed by atoms with Gasteiger partial charge < -0.3 is 14.8 Å². The number of unbranched alkanes of at least 4 members (excludes halogenated alkanes) is 1. The number of hydrogen-bond donors (Lipinski definition) is 2. The van der Waals surface area contributed by atoms with Crippen LogP contribution in [-0.2, 0) is 6.61 Å². The van der Waals surface area contributed by atoms with E-state index in [-0.39, 0.29) is 11.0 Å². The number of nitrogens with one attached hydrogen (secondary N) is 2. The van der Waals surface area contributed by atoms with Crippen molar-refractivity contribution in [3.8, 4) is 11.5 Å². The van der Waals surface area contributed by atoms with E-state index in [0.29, 0.717) is 30.2 Å². The zero-order valence-electron chi connectivity index (χ0n) is 17.5. The quantitative estimate of drug-likeness (QED) is 0.340. The molecule has 1 amide bonds. The molecule has 6 heteroatoms. The number of hydrogen-bond acceptors (Lipinski definition) is 4. The zero-order chi connectivity index (χ0) is 21.9. The molecule has 0 aromatic heterocycles. The molecule has 0 atom stereocenters. The normalized spacial score (nSPS) is 10.2. The largest absolute Gasteiger partial charge is 0.494 e. The van der Waals surface area contributed by atoms with Crippen molar-refractivity contribution in [1.82, 2.24) is 5.32 Å². The van der Waals surface area contributed by atoms with E-state index >= 15 is 0 Å². The standard InChI is InChI=1S/C25H26N2O3S/c1-2-3-17-29-21-15-13-20(14-16-21)24(28)27-25(31)26-22-11-7-8-12-23(22)30-18-19-9-5-4-6-10-19/h4-16H,2-3,17-18H2,1H3,(H2,26,27,28,31). The molecule has 2 N–H and O–H groups in total. The van der Waals surface area contributed by atoms with Gasteiger partial charge in [0.15, 0.2) is 5.11 Å². The van der Waals surface area contributed by atoms with Gasteiger partial charge in [-0.05, 0) is 60.6 Å². The first-order valence-corrected chi connectivity index (χ1v) is 10.7. The Bertz CT molecular complexity index is 991. The smallest absolute Gasteiger partial charge is 0.257 e. The summed E-state index contributed by atoms with van der Waals surface area (Å²) >= 11 is 5.32. The third-order valence-corrected chi connectivity index (χ3v) is 4.69. The molecule has 0 aliphatic rings. The first kappa shape index (κ1) is 22.3. The highest BCUT2D eigenvalue weighted by atomic mass is 32.1. The van der Waals surface area contributed by atoms with Crippen LogP contribution in [0.4, 0.5) is 5.69 Å². The summed E-state index contributed by atoms with van der Waals surface area (Å²) in [6, 6.07) is 24.4. The van der Waals surface area contributed by atoms with E-state index in [4.69, 9.17) is 21.7 Å². The second-order valence-corrected chi connectivity index (χ2v) is 7.31. The number of ether oxygens (including phenoxy) is 2. The first-order chi connectivity index (χ1) is 15.2. The Morgan fingerprint density at radius 1 is 0.903 bits per heavy atom. The second-order valence-electron chi connectivity index (χ2n) is 6.91. The number of thiocarbonyl (C=S) groups is 1. The summed E-state index contributed by atoms with van der Waals surface area (Å²) in [6.07, 6.45) is 2.07. The van der Waals surface area contributed by atoms with Crippen molar-refractivity contribution in [2.45, 2.75) is 26.4 Å². The Balaban J connectivity index is 1.55. The van der Waals surface area contributed by atoms with E-state index in [1.54, 1.807) is 24.3 Å². The summed E-state index contributed by atoms with van der Waals surface area (Å²) in [5.41, 5.74) is 2.25. The molecule has 0 bridgehead atoms. The fourth-order valence-corrected chi connectivity index (χ4v) is 3.00. The predicted octanol–water partition coefficient (Wildman–Crippen LogP) is 5.57. The van der Waals surface area contributed by atoms with Gasteiger partial charge in [0.2, 0.25) is 0 Å². The lowest BCUT2D eigenvalue weighted by atomic mass is 10.2. The van der Waals surface area contributed by atoms with Crippen molar-refractivity contribution in [3.63, 3.8) is 0 Å². The van der Waals surface area contributed by atoms with Crippen molar-refractivity contribution in [1.29, 1.82) is 0 Å². The van der Waals surface area contributed by atoms with Gasteiger partial charge in [0, 0.05) is 5.56 Å². The van der Waals surface area contributed by atoms with Gasteiger partial charge in [-0.1, -0.05) is 55.8 Å². The van der Waals surface area contributed by atoms with Gasteiger partial charge >= 0.3 is 0 Å². The summed E-state index contributed by atoms with van der Waals surface area (Å²) in [5.74, 6) is 1.10. The molecule has 5 nitrogen and oxygen atoms in total. The molecule has 0 unspecified atom stereocenters. The van der Waals surface area contributed by atoms with Crippen LogP contribution in [0, 0.1) is 0 Å². The zero-order valence-corrected chi connectivity index (χ0v) is 18.3. The van der Waals surface area contributed by atoms with Crippen LogP contribution in [0.5, 0.6) is 11.5 Å². The van der Waals surface area contributed by atoms with Crippen molar-refractivity contribution < 1.29 is 14.3 Å². The highest BCUT2D eigenvalue weighted by Gasteiger charge is 2.10. The Kier molecular flexibility index (Phi) is 8.43. The van der Waals surface area contributed by atoms with Gasteiger partial charge in [-0.15, -0.1) is 0 Å². The number of amides is 1. The van der Waals surface area contributed by atoms with Gasteiger partial charge in [-0.25, -0.2) is 0 Å². The number of anilines is 1. The van der Waals surface area contributed by atoms with Crippen molar-refractivity contribution >= 4 is 28.9 Å². The molecule has 0 aliphatic carbocycles. The van der Waals surface area contributed by atoms with Crippen LogP contribution in [-0.4, -0.2) is 17.6 Å². The minimum atomic E-state index is -0.291. The summed E-state index contributed by atoms with van der Waals surface area (Å²) in [4.78, 5) is 12.5. The van der Waals surface area contributed by atoms with Crippen LogP contribution < -0.4 is 20.1 Å². The van der Waals surface area contributed by atoms with Crippen LogP contribution >= 0.6 is 12.2 Å². The van der Waals surface area contributed by atoms with E-state index in [1.807, 2.05) is 54.6 Å². The van der Waals surface area contributed by atoms with Crippen LogP contribution in [0.2, 0.25) is 0 Å². The summed E-state index contributed by atoms with van der Waals surface area (Å²) in [6.45, 7) is 3.22. The van der Waals surface area contributed by atoms with Crippen molar-refractivity contribution in [2.24, 2.45) is 0 Å². The Morgan fingerprint density at radius 3 is 2.35 bits per heavy atom. The lowest BCUT2D eigenvalue weighted by molar-refractivity contribution is 0.0977. The average Bonchev–Trinajstić information content (AvgIpc) is 2.80. The van der Waals surface area contributed by atoms with Crippen molar-refractivity contribution in [3.05, 3.63) is 90.0 Å². The minimum absolute atomic E-state index is 0.198. The maximum absolute atomic E-state index is 12.5. The fourth-order valence-electron chi connectivity index (χ4n) is 2.80. The Hall–Kier alpha value is -3.38. The van der Waals surface area contributed by atoms with E-state index in [9.17, 15) is 4.79 Å². The predicted molar refractivity (Wildman–Crippen MR) is 128 cm³/mol. The molecule has 0 saturated carbocycles. The third kappa shape index (κ3) is 7.12. The molecule has 0 radical (unpaired) electrons. The van der Waals surface area contributed by atoms with Crippen LogP contribution in [0.1, 0.15) is 35.7 Å². The van der Waals surface area contributed by atoms with E-state index in [2.05, 4.69) is 17.6 Å². The highest BCUT2D eigenvalue weighted by molar-refractivity contribution is 7.80. The van der Waals surface area contributed by atoms with Crippen LogP contribution in [0.25, 0.3) is 0 Å². The second kappa shape index (κ2) is 11.7. The number of rotatable bonds is 9. The first-order valence-electron chi connectivity index (χ1n) is 10.3. The Morgan fingerprint density at radius 2 is 1.61 bits per heavy atom. The molecule has 3 rings (SSSR count). The lowest BCUT2D eigenvalue weighted by Gasteiger charge is -2.14. The number of para-hydroxylation sites is 2. The van der Waals surface area contributed by atoms with Crippen LogP contribution in [0.15, 0.2) is 78.9 Å². The van der Waals surface area contributed by atoms with E-state index in [0.717, 1.165) is 24.2 Å². The minimum Gasteiger partial charge on any atom is -0.494 e. The van der Waals surface area contributed by atoms with E-state index in [1.165, 1.54) is 0 Å². The summed E-state index contributed by atoms with van der Waals surface area (Å²) < 4.78 is 11.5. The molecule has 0 fully saturated rings. The SMILES string of the molecule is CCCCOc1ccc(C(=O)NC(=S)Nc2ccccc2OCc2ccccc2)cc1. The lowest BCUT2D eigenvalue weighted by Crippen LogP contribution is -2.34. The molecule has 0 heterocycles. The monoisotopic (exact) mass is 434 g/mol. The maximum atomic E-state index is 12.5. The molecule has 0 aliphatic heterocycles. The molecular weight excluding hydrogens is 408 g/mol. The van der Waals surface area contributed by atoms with E-state index < -0.39 is 0 Å². The third-order valence-electron chi connectivity index (χ3n) is 4.48. The number of carbonyl (C=O) groups is 1. The van der Waals surface area contributed by atoms with Gasteiger partial charge in [-0.3, -0.25) is 10.1 Å². The Labute approximate surface area is 188 Å². The molecule has 3 aromatic carbocycles. The van der Waals surface area contributed by atoms with Crippen LogP contribution in [0.3, 0.4) is 0 Å².